The van der Waals surface area contributed by atoms with Crippen molar-refractivity contribution >= 4 is 47.6 Å². The molecule has 0 aliphatic carbocycles. The van der Waals surface area contributed by atoms with E-state index in [4.69, 9.17) is 41.5 Å². The Kier molecular flexibility index (Phi) is 11.9. The second-order valence-corrected chi connectivity index (χ2v) is 13.9. The Morgan fingerprint density at radius 1 is 0.729 bits per heavy atom. The van der Waals surface area contributed by atoms with Crippen molar-refractivity contribution in [3.63, 3.8) is 0 Å². The minimum atomic E-state index is -4.03. The highest BCUT2D eigenvalue weighted by atomic mass is 35.5. The highest BCUT2D eigenvalue weighted by Gasteiger charge is 2.30. The number of phosphoric ester groups is 1. The third kappa shape index (κ3) is 9.50. The van der Waals surface area contributed by atoms with E-state index in [9.17, 15) is 4.57 Å². The molecule has 1 aliphatic rings. The largest absolute Gasteiger partial charge is 0.531 e. The molecule has 1 aliphatic heterocycles. The number of halogens is 2. The maximum absolute atomic E-state index is 13.8. The van der Waals surface area contributed by atoms with Crippen LogP contribution < -0.4 is 14.2 Å². The lowest BCUT2D eigenvalue weighted by atomic mass is 10.2. The molecule has 1 aromatic heterocycles. The van der Waals surface area contributed by atoms with E-state index < -0.39 is 7.82 Å². The highest BCUT2D eigenvalue weighted by molar-refractivity contribution is 7.48. The first-order chi connectivity index (χ1) is 23.4. The van der Waals surface area contributed by atoms with E-state index in [1.165, 1.54) is 0 Å². The molecule has 0 radical (unpaired) electrons. The molecular weight excluding hydrogens is 668 g/mol. The van der Waals surface area contributed by atoms with Crippen LogP contribution in [0.1, 0.15) is 24.0 Å². The monoisotopic (exact) mass is 705 g/mol. The van der Waals surface area contributed by atoms with Crippen LogP contribution in [0.3, 0.4) is 0 Å². The lowest BCUT2D eigenvalue weighted by molar-refractivity contribution is 0.142. The third-order valence-electron chi connectivity index (χ3n) is 8.09. The van der Waals surface area contributed by atoms with Gasteiger partial charge in [0.25, 0.3) is 0 Å². The predicted molar refractivity (Wildman–Crippen MR) is 192 cm³/mol. The van der Waals surface area contributed by atoms with Crippen molar-refractivity contribution in [2.75, 3.05) is 44.2 Å². The standard InChI is InChI=1S/C37H38Cl2N3O5P/c38-33-14-9-15-35(37(33)39)42-23-21-41(22-24-42)20-7-8-25-44-32-18-16-31-17-19-36(40-34(31)26-32)47-48(43,45-27-29-10-3-1-4-11-29)46-28-30-12-5-2-6-13-30/h1-6,9-19,26H,7-8,20-25,27-28H2. The minimum Gasteiger partial charge on any atom is -0.494 e. The summed E-state index contributed by atoms with van der Waals surface area (Å²) in [5, 5.41) is 2.11. The first-order valence-electron chi connectivity index (χ1n) is 16.1. The average molecular weight is 707 g/mol. The summed E-state index contributed by atoms with van der Waals surface area (Å²) < 4.78 is 37.3. The summed E-state index contributed by atoms with van der Waals surface area (Å²) in [7, 11) is -4.03. The normalized spacial score (nSPS) is 13.9. The number of anilines is 1. The van der Waals surface area contributed by atoms with Crippen LogP contribution >= 0.6 is 31.0 Å². The number of aromatic nitrogens is 1. The SMILES string of the molecule is O=P(OCc1ccccc1)(OCc1ccccc1)Oc1ccc2ccc(OCCCCN3CCN(c4cccc(Cl)c4Cl)CC3)cc2n1. The van der Waals surface area contributed by atoms with Crippen molar-refractivity contribution in [1.29, 1.82) is 0 Å². The minimum absolute atomic E-state index is 0.0621. The number of fused-ring (bicyclic) bond motifs is 1. The van der Waals surface area contributed by atoms with Crippen LogP contribution in [0.4, 0.5) is 5.69 Å². The Morgan fingerprint density at radius 3 is 2.08 bits per heavy atom. The Labute approximate surface area is 291 Å². The number of unbranched alkanes of at least 4 members (excludes halogenated alkanes) is 1. The Bertz CT molecular complexity index is 1780. The third-order valence-corrected chi connectivity index (χ3v) is 10.2. The maximum atomic E-state index is 13.8. The summed E-state index contributed by atoms with van der Waals surface area (Å²) in [6.45, 7) is 5.52. The average Bonchev–Trinajstić information content (AvgIpc) is 3.12. The van der Waals surface area contributed by atoms with Crippen LogP contribution in [0.25, 0.3) is 10.9 Å². The van der Waals surface area contributed by atoms with Gasteiger partial charge in [-0.05, 0) is 60.8 Å². The van der Waals surface area contributed by atoms with Gasteiger partial charge in [0.2, 0.25) is 5.88 Å². The van der Waals surface area contributed by atoms with E-state index in [1.54, 1.807) is 6.07 Å². The van der Waals surface area contributed by atoms with Gasteiger partial charge in [-0.2, -0.15) is 0 Å². The van der Waals surface area contributed by atoms with Gasteiger partial charge in [-0.15, -0.1) is 0 Å². The molecule has 5 aromatic rings. The van der Waals surface area contributed by atoms with Gasteiger partial charge in [0, 0.05) is 43.7 Å². The fourth-order valence-electron chi connectivity index (χ4n) is 5.46. The number of piperazine rings is 1. The van der Waals surface area contributed by atoms with Gasteiger partial charge >= 0.3 is 7.82 Å². The van der Waals surface area contributed by atoms with Crippen molar-refractivity contribution in [3.05, 3.63) is 130 Å². The quantitative estimate of drug-likeness (QED) is 0.0788. The molecule has 250 valence electrons. The van der Waals surface area contributed by atoms with Crippen molar-refractivity contribution in [2.45, 2.75) is 26.1 Å². The van der Waals surface area contributed by atoms with Crippen molar-refractivity contribution < 1.29 is 22.9 Å². The molecule has 11 heteroatoms. The van der Waals surface area contributed by atoms with E-state index in [-0.39, 0.29) is 19.1 Å². The summed E-state index contributed by atoms with van der Waals surface area (Å²) in [6.07, 6.45) is 1.96. The molecule has 0 spiro atoms. The first kappa shape index (κ1) is 34.3. The lowest BCUT2D eigenvalue weighted by Gasteiger charge is -2.36. The van der Waals surface area contributed by atoms with Gasteiger partial charge in [-0.3, -0.25) is 13.9 Å². The van der Waals surface area contributed by atoms with E-state index >= 15 is 0 Å². The second kappa shape index (κ2) is 16.7. The molecule has 0 amide bonds. The Balaban J connectivity index is 1.00. The van der Waals surface area contributed by atoms with E-state index in [0.717, 1.165) is 67.8 Å². The molecule has 1 fully saturated rings. The smallest absolute Gasteiger partial charge is 0.494 e. The number of nitrogens with zero attached hydrogens (tertiary/aromatic N) is 3. The fourth-order valence-corrected chi connectivity index (χ4v) is 7.00. The van der Waals surface area contributed by atoms with E-state index in [2.05, 4.69) is 14.8 Å². The molecule has 8 nitrogen and oxygen atoms in total. The molecule has 0 unspecified atom stereocenters. The predicted octanol–water partition coefficient (Wildman–Crippen LogP) is 9.44. The van der Waals surface area contributed by atoms with Gasteiger partial charge in [0.05, 0.1) is 41.1 Å². The molecule has 4 aromatic carbocycles. The summed E-state index contributed by atoms with van der Waals surface area (Å²) in [6, 6.07) is 34.0. The van der Waals surface area contributed by atoms with Crippen LogP contribution in [0.15, 0.2) is 109 Å². The molecule has 0 N–H and O–H groups in total. The number of phosphoric acid groups is 1. The summed E-state index contributed by atoms with van der Waals surface area (Å²) in [5.74, 6) is 0.852. The zero-order valence-corrected chi connectivity index (χ0v) is 29.0. The molecule has 2 heterocycles. The second-order valence-electron chi connectivity index (χ2n) is 11.5. The van der Waals surface area contributed by atoms with Crippen molar-refractivity contribution in [2.24, 2.45) is 0 Å². The molecule has 48 heavy (non-hydrogen) atoms. The molecular formula is C37H38Cl2N3O5P. The maximum Gasteiger partial charge on any atom is 0.531 e. The van der Waals surface area contributed by atoms with Crippen LogP contribution in [-0.4, -0.2) is 49.2 Å². The number of benzene rings is 4. The van der Waals surface area contributed by atoms with E-state index in [1.807, 2.05) is 103 Å². The summed E-state index contributed by atoms with van der Waals surface area (Å²) >= 11 is 12.6. The molecule has 0 atom stereocenters. The van der Waals surface area contributed by atoms with Gasteiger partial charge < -0.3 is 14.2 Å². The van der Waals surface area contributed by atoms with Crippen LogP contribution in [-0.2, 0) is 26.8 Å². The van der Waals surface area contributed by atoms with Gasteiger partial charge in [0.1, 0.15) is 5.75 Å². The zero-order chi connectivity index (χ0) is 33.2. The number of pyridine rings is 1. The molecule has 0 bridgehead atoms. The topological polar surface area (TPSA) is 73.4 Å². The van der Waals surface area contributed by atoms with Gasteiger partial charge in [-0.25, -0.2) is 9.55 Å². The summed E-state index contributed by atoms with van der Waals surface area (Å²) in [5.41, 5.74) is 3.35. The number of ether oxygens (including phenoxy) is 1. The Morgan fingerprint density at radius 2 is 1.40 bits per heavy atom. The van der Waals surface area contributed by atoms with Crippen LogP contribution in [0.5, 0.6) is 11.6 Å². The summed E-state index contributed by atoms with van der Waals surface area (Å²) in [4.78, 5) is 9.39. The van der Waals surface area contributed by atoms with Gasteiger partial charge in [0.15, 0.2) is 0 Å². The van der Waals surface area contributed by atoms with Crippen molar-refractivity contribution in [1.82, 2.24) is 9.88 Å². The molecule has 6 rings (SSSR count). The Hall–Kier alpha value is -3.62. The molecule has 1 saturated heterocycles. The lowest BCUT2D eigenvalue weighted by Crippen LogP contribution is -2.46. The highest BCUT2D eigenvalue weighted by Crippen LogP contribution is 2.50. The first-order valence-corrected chi connectivity index (χ1v) is 18.3. The van der Waals surface area contributed by atoms with Gasteiger partial charge in [-0.1, -0.05) is 89.9 Å². The number of hydrogen-bond donors (Lipinski definition) is 0. The number of rotatable bonds is 15. The number of hydrogen-bond acceptors (Lipinski definition) is 8. The zero-order valence-electron chi connectivity index (χ0n) is 26.5. The van der Waals surface area contributed by atoms with Crippen LogP contribution in [0.2, 0.25) is 10.0 Å². The van der Waals surface area contributed by atoms with Crippen molar-refractivity contribution in [3.8, 4) is 11.6 Å². The van der Waals surface area contributed by atoms with E-state index in [0.29, 0.717) is 27.9 Å². The molecule has 0 saturated carbocycles. The van der Waals surface area contributed by atoms with Crippen LogP contribution in [0, 0.1) is 0 Å². The fraction of sp³-hybridized carbons (Fsp3) is 0.270.